The molecule has 0 fully saturated rings. The number of ether oxygens (including phenoxy) is 2. The zero-order valence-electron chi connectivity index (χ0n) is 21.2. The highest BCUT2D eigenvalue weighted by Crippen LogP contribution is 2.24. The molecule has 3 aromatic rings. The normalized spacial score (nSPS) is 10.9. The van der Waals surface area contributed by atoms with Crippen molar-refractivity contribution in [2.45, 2.75) is 39.2 Å². The number of hydrogen-bond acceptors (Lipinski definition) is 5. The van der Waals surface area contributed by atoms with Gasteiger partial charge in [-0.15, -0.1) is 0 Å². The van der Waals surface area contributed by atoms with Crippen molar-refractivity contribution in [1.29, 1.82) is 0 Å². The van der Waals surface area contributed by atoms with Crippen LogP contribution >= 0.6 is 0 Å². The van der Waals surface area contributed by atoms with E-state index in [4.69, 9.17) is 9.47 Å². The standard InChI is InChI=1S/C29H35N3O4/c1-29(2,3)36-28(34)31-19-10-18-30-27(33)25-15-7-8-16-26(25)32-23-13-9-14-24(21-23)35-20-17-22-11-5-4-6-12-22/h4-9,11-16,21,32H,10,17-20H2,1-3H3,(H,30,33)(H,31,34). The van der Waals surface area contributed by atoms with Gasteiger partial charge in [0.25, 0.3) is 5.91 Å². The maximum atomic E-state index is 12.8. The fourth-order valence-corrected chi connectivity index (χ4v) is 3.43. The topological polar surface area (TPSA) is 88.7 Å². The summed E-state index contributed by atoms with van der Waals surface area (Å²) in [5, 5.41) is 8.92. The molecule has 0 spiro atoms. The minimum Gasteiger partial charge on any atom is -0.493 e. The lowest BCUT2D eigenvalue weighted by Gasteiger charge is -2.19. The summed E-state index contributed by atoms with van der Waals surface area (Å²) in [5.41, 5.74) is 2.75. The molecule has 0 unspecified atom stereocenters. The summed E-state index contributed by atoms with van der Waals surface area (Å²) < 4.78 is 11.1. The summed E-state index contributed by atoms with van der Waals surface area (Å²) in [4.78, 5) is 24.5. The van der Waals surface area contributed by atoms with E-state index >= 15 is 0 Å². The molecule has 36 heavy (non-hydrogen) atoms. The van der Waals surface area contributed by atoms with Gasteiger partial charge < -0.3 is 25.4 Å². The van der Waals surface area contributed by atoms with Gasteiger partial charge in [-0.25, -0.2) is 4.79 Å². The van der Waals surface area contributed by atoms with Crippen LogP contribution in [0.4, 0.5) is 16.2 Å². The van der Waals surface area contributed by atoms with Gasteiger partial charge in [0.15, 0.2) is 0 Å². The third-order valence-corrected chi connectivity index (χ3v) is 5.09. The Balaban J connectivity index is 1.49. The molecule has 0 heterocycles. The monoisotopic (exact) mass is 489 g/mol. The number of rotatable bonds is 11. The van der Waals surface area contributed by atoms with Crippen LogP contribution in [0.25, 0.3) is 0 Å². The lowest BCUT2D eigenvalue weighted by molar-refractivity contribution is 0.0527. The molecule has 7 nitrogen and oxygen atoms in total. The molecule has 0 radical (unpaired) electrons. The van der Waals surface area contributed by atoms with Crippen LogP contribution in [0.5, 0.6) is 5.75 Å². The number of carbonyl (C=O) groups excluding carboxylic acids is 2. The van der Waals surface area contributed by atoms with E-state index in [0.29, 0.717) is 37.4 Å². The molecule has 2 amide bonds. The van der Waals surface area contributed by atoms with Crippen LogP contribution in [-0.4, -0.2) is 37.3 Å². The van der Waals surface area contributed by atoms with Gasteiger partial charge in [0.05, 0.1) is 17.9 Å². The predicted molar refractivity (Wildman–Crippen MR) is 143 cm³/mol. The highest BCUT2D eigenvalue weighted by atomic mass is 16.6. The molecule has 3 rings (SSSR count). The SMILES string of the molecule is CC(C)(C)OC(=O)NCCCNC(=O)c1ccccc1Nc1cccc(OCCc2ccccc2)c1. The van der Waals surface area contributed by atoms with E-state index in [2.05, 4.69) is 28.1 Å². The fourth-order valence-electron chi connectivity index (χ4n) is 3.43. The molecule has 0 aliphatic heterocycles. The Labute approximate surface area is 213 Å². The second kappa shape index (κ2) is 13.2. The average Bonchev–Trinajstić information content (AvgIpc) is 2.84. The van der Waals surface area contributed by atoms with E-state index in [1.54, 1.807) is 6.07 Å². The van der Waals surface area contributed by atoms with Crippen LogP contribution in [0.15, 0.2) is 78.9 Å². The van der Waals surface area contributed by atoms with E-state index in [-0.39, 0.29) is 5.91 Å². The zero-order chi connectivity index (χ0) is 25.8. The largest absolute Gasteiger partial charge is 0.493 e. The van der Waals surface area contributed by atoms with Crippen molar-refractivity contribution in [3.63, 3.8) is 0 Å². The first kappa shape index (κ1) is 26.6. The van der Waals surface area contributed by atoms with Crippen LogP contribution in [-0.2, 0) is 11.2 Å². The summed E-state index contributed by atoms with van der Waals surface area (Å²) in [6.07, 6.45) is 0.951. The highest BCUT2D eigenvalue weighted by Gasteiger charge is 2.15. The van der Waals surface area contributed by atoms with Crippen LogP contribution in [0.3, 0.4) is 0 Å². The Morgan fingerprint density at radius 3 is 2.33 bits per heavy atom. The van der Waals surface area contributed by atoms with Crippen LogP contribution in [0, 0.1) is 0 Å². The van der Waals surface area contributed by atoms with Crippen molar-refractivity contribution in [3.05, 3.63) is 90.0 Å². The molecule has 0 saturated heterocycles. The third-order valence-electron chi connectivity index (χ3n) is 5.09. The molecule has 0 aliphatic rings. The van der Waals surface area contributed by atoms with E-state index in [1.165, 1.54) is 5.56 Å². The van der Waals surface area contributed by atoms with E-state index in [1.807, 2.05) is 81.4 Å². The van der Waals surface area contributed by atoms with Crippen molar-refractivity contribution in [1.82, 2.24) is 10.6 Å². The van der Waals surface area contributed by atoms with Crippen LogP contribution < -0.4 is 20.7 Å². The van der Waals surface area contributed by atoms with E-state index in [0.717, 1.165) is 17.9 Å². The molecular weight excluding hydrogens is 454 g/mol. The van der Waals surface area contributed by atoms with Gasteiger partial charge in [-0.1, -0.05) is 48.5 Å². The summed E-state index contributed by atoms with van der Waals surface area (Å²) in [6.45, 7) is 6.85. The molecule has 7 heteroatoms. The Bertz CT molecular complexity index is 1130. The van der Waals surface area contributed by atoms with Crippen molar-refractivity contribution < 1.29 is 19.1 Å². The minimum atomic E-state index is -0.539. The molecule has 0 bridgehead atoms. The average molecular weight is 490 g/mol. The molecule has 0 aromatic heterocycles. The van der Waals surface area contributed by atoms with Gasteiger partial charge in [0, 0.05) is 31.3 Å². The molecule has 0 atom stereocenters. The lowest BCUT2D eigenvalue weighted by atomic mass is 10.1. The number of amides is 2. The Morgan fingerprint density at radius 2 is 1.56 bits per heavy atom. The second-order valence-electron chi connectivity index (χ2n) is 9.32. The smallest absolute Gasteiger partial charge is 0.407 e. The number of carbonyl (C=O) groups is 2. The van der Waals surface area contributed by atoms with Gasteiger partial charge in [0.2, 0.25) is 0 Å². The van der Waals surface area contributed by atoms with Crippen molar-refractivity contribution in [2.75, 3.05) is 25.0 Å². The summed E-state index contributed by atoms with van der Waals surface area (Å²) in [5.74, 6) is 0.570. The number of anilines is 2. The molecular formula is C29H35N3O4. The number of nitrogens with one attached hydrogen (secondary N) is 3. The summed E-state index contributed by atoms with van der Waals surface area (Å²) in [7, 11) is 0. The Hall–Kier alpha value is -4.00. The van der Waals surface area contributed by atoms with Gasteiger partial charge in [0.1, 0.15) is 11.4 Å². The van der Waals surface area contributed by atoms with Crippen molar-refractivity contribution in [3.8, 4) is 5.75 Å². The van der Waals surface area contributed by atoms with Gasteiger partial charge in [-0.2, -0.15) is 0 Å². The van der Waals surface area contributed by atoms with Crippen LogP contribution in [0.2, 0.25) is 0 Å². The first-order valence-corrected chi connectivity index (χ1v) is 12.2. The van der Waals surface area contributed by atoms with Crippen molar-refractivity contribution >= 4 is 23.4 Å². The fraction of sp³-hybridized carbons (Fsp3) is 0.310. The van der Waals surface area contributed by atoms with Crippen LogP contribution in [0.1, 0.15) is 43.1 Å². The molecule has 190 valence electrons. The van der Waals surface area contributed by atoms with E-state index in [9.17, 15) is 9.59 Å². The minimum absolute atomic E-state index is 0.189. The second-order valence-corrected chi connectivity index (χ2v) is 9.32. The zero-order valence-corrected chi connectivity index (χ0v) is 21.2. The maximum Gasteiger partial charge on any atom is 0.407 e. The number of hydrogen-bond donors (Lipinski definition) is 3. The third kappa shape index (κ3) is 9.33. The number of benzene rings is 3. The molecule has 3 aromatic carbocycles. The highest BCUT2D eigenvalue weighted by molar-refractivity contribution is 6.00. The molecule has 0 saturated carbocycles. The predicted octanol–water partition coefficient (Wildman–Crippen LogP) is 5.70. The molecule has 0 aliphatic carbocycles. The lowest BCUT2D eigenvalue weighted by Crippen LogP contribution is -2.34. The van der Waals surface area contributed by atoms with Gasteiger partial charge in [-0.3, -0.25) is 4.79 Å². The van der Waals surface area contributed by atoms with E-state index < -0.39 is 11.7 Å². The Morgan fingerprint density at radius 1 is 0.833 bits per heavy atom. The van der Waals surface area contributed by atoms with Gasteiger partial charge >= 0.3 is 6.09 Å². The van der Waals surface area contributed by atoms with Gasteiger partial charge in [-0.05, 0) is 57.0 Å². The number of alkyl carbamates (subject to hydrolysis) is 1. The maximum absolute atomic E-state index is 12.8. The first-order valence-electron chi connectivity index (χ1n) is 12.2. The quantitative estimate of drug-likeness (QED) is 0.301. The number of para-hydroxylation sites is 1. The summed E-state index contributed by atoms with van der Waals surface area (Å²) >= 11 is 0. The summed E-state index contributed by atoms with van der Waals surface area (Å²) in [6, 6.07) is 25.2. The molecule has 3 N–H and O–H groups in total. The van der Waals surface area contributed by atoms with Crippen molar-refractivity contribution in [2.24, 2.45) is 0 Å². The first-order chi connectivity index (χ1) is 17.3. The Kier molecular flexibility index (Phi) is 9.74.